The van der Waals surface area contributed by atoms with Crippen LogP contribution in [0.1, 0.15) is 5.56 Å². The molecular weight excluding hydrogens is 289 g/mol. The van der Waals surface area contributed by atoms with Crippen LogP contribution in [-0.4, -0.2) is 9.97 Å². The van der Waals surface area contributed by atoms with Crippen molar-refractivity contribution >= 4 is 22.5 Å². The maximum absolute atomic E-state index is 12.6. The first-order valence-corrected chi connectivity index (χ1v) is 6.05. The average molecular weight is 296 g/mol. The van der Waals surface area contributed by atoms with E-state index in [0.29, 0.717) is 5.69 Å². The molecule has 0 bridgehead atoms. The molecule has 6 heteroatoms. The fourth-order valence-corrected chi connectivity index (χ4v) is 2.20. The van der Waals surface area contributed by atoms with Crippen LogP contribution in [0, 0.1) is 6.07 Å². The average Bonchev–Trinajstić information content (AvgIpc) is 2.80. The van der Waals surface area contributed by atoms with Crippen molar-refractivity contribution in [2.75, 3.05) is 0 Å². The number of nitrogens with zero attached hydrogens (tertiary/aromatic N) is 1. The molecule has 0 aliphatic carbocycles. The van der Waals surface area contributed by atoms with Crippen molar-refractivity contribution in [1.82, 2.24) is 9.97 Å². The minimum Gasteiger partial charge on any atom is -0.353 e. The lowest BCUT2D eigenvalue weighted by Crippen LogP contribution is -2.05. The summed E-state index contributed by atoms with van der Waals surface area (Å²) in [5.41, 5.74) is 0.835. The van der Waals surface area contributed by atoms with Crippen molar-refractivity contribution in [2.24, 2.45) is 0 Å². The Bertz CT molecular complexity index is 744. The number of alkyl halides is 3. The van der Waals surface area contributed by atoms with Crippen LogP contribution in [0.3, 0.4) is 0 Å². The van der Waals surface area contributed by atoms with Crippen LogP contribution in [-0.2, 0) is 6.18 Å². The molecule has 2 heterocycles. The smallest absolute Gasteiger partial charge is 0.353 e. The number of hydrogen-bond donors (Lipinski definition) is 1. The number of fused-ring (bicyclic) bond motifs is 1. The standard InChI is InChI=1S/C14H7ClF3N2/c15-10-6-9(14(16,17)18)7-19-13(10)12-5-8-3-1-2-4-11(8)20-12/h2-7,20H. The zero-order valence-electron chi connectivity index (χ0n) is 9.92. The summed E-state index contributed by atoms with van der Waals surface area (Å²) in [6.45, 7) is 0. The van der Waals surface area contributed by atoms with Crippen LogP contribution in [0.4, 0.5) is 13.2 Å². The number of rotatable bonds is 1. The van der Waals surface area contributed by atoms with E-state index in [4.69, 9.17) is 11.6 Å². The summed E-state index contributed by atoms with van der Waals surface area (Å²) in [6, 6.07) is 10.9. The van der Waals surface area contributed by atoms with Gasteiger partial charge in [-0.3, -0.25) is 4.98 Å². The fraction of sp³-hybridized carbons (Fsp3) is 0.0714. The second kappa shape index (κ2) is 4.52. The molecule has 1 radical (unpaired) electrons. The number of hydrogen-bond acceptors (Lipinski definition) is 1. The van der Waals surface area contributed by atoms with Crippen LogP contribution < -0.4 is 0 Å². The maximum Gasteiger partial charge on any atom is 0.417 e. The predicted octanol–water partition coefficient (Wildman–Crippen LogP) is 4.70. The molecule has 3 rings (SSSR count). The lowest BCUT2D eigenvalue weighted by molar-refractivity contribution is -0.137. The number of aromatic amines is 1. The first kappa shape index (κ1) is 13.0. The lowest BCUT2D eigenvalue weighted by atomic mass is 10.2. The number of aromatic nitrogens is 2. The molecule has 1 aromatic carbocycles. The van der Waals surface area contributed by atoms with E-state index < -0.39 is 11.7 Å². The highest BCUT2D eigenvalue weighted by Crippen LogP contribution is 2.34. The first-order chi connectivity index (χ1) is 9.45. The van der Waals surface area contributed by atoms with Gasteiger partial charge in [-0.25, -0.2) is 0 Å². The van der Waals surface area contributed by atoms with E-state index in [2.05, 4.69) is 16.0 Å². The van der Waals surface area contributed by atoms with Gasteiger partial charge in [0.1, 0.15) is 5.69 Å². The molecule has 2 nitrogen and oxygen atoms in total. The van der Waals surface area contributed by atoms with Crippen molar-refractivity contribution in [1.29, 1.82) is 0 Å². The quantitative estimate of drug-likeness (QED) is 0.692. The van der Waals surface area contributed by atoms with E-state index in [0.717, 1.165) is 23.2 Å². The normalized spacial score (nSPS) is 12.0. The molecule has 2 aromatic heterocycles. The molecule has 0 aliphatic rings. The van der Waals surface area contributed by atoms with E-state index in [1.807, 2.05) is 6.07 Å². The number of pyridine rings is 1. The summed E-state index contributed by atoms with van der Waals surface area (Å²) in [6.07, 6.45) is -3.68. The second-order valence-electron chi connectivity index (χ2n) is 4.25. The lowest BCUT2D eigenvalue weighted by Gasteiger charge is -2.08. The second-order valence-corrected chi connectivity index (χ2v) is 4.66. The fourth-order valence-electron chi connectivity index (χ4n) is 1.93. The summed E-state index contributed by atoms with van der Waals surface area (Å²) in [7, 11) is 0. The van der Waals surface area contributed by atoms with E-state index in [9.17, 15) is 13.2 Å². The molecule has 0 unspecified atom stereocenters. The third kappa shape index (κ3) is 2.25. The van der Waals surface area contributed by atoms with E-state index in [-0.39, 0.29) is 10.7 Å². The molecule has 0 saturated heterocycles. The Morgan fingerprint density at radius 3 is 2.70 bits per heavy atom. The Morgan fingerprint density at radius 1 is 1.25 bits per heavy atom. The van der Waals surface area contributed by atoms with Gasteiger partial charge in [0.15, 0.2) is 0 Å². The van der Waals surface area contributed by atoms with E-state index >= 15 is 0 Å². The van der Waals surface area contributed by atoms with Crippen LogP contribution in [0.5, 0.6) is 0 Å². The topological polar surface area (TPSA) is 28.7 Å². The largest absolute Gasteiger partial charge is 0.417 e. The molecule has 0 atom stereocenters. The van der Waals surface area contributed by atoms with Gasteiger partial charge < -0.3 is 4.98 Å². The number of H-pyrrole nitrogens is 1. The van der Waals surface area contributed by atoms with Gasteiger partial charge in [0.2, 0.25) is 0 Å². The highest BCUT2D eigenvalue weighted by molar-refractivity contribution is 6.33. The summed E-state index contributed by atoms with van der Waals surface area (Å²) >= 11 is 5.91. The molecule has 0 spiro atoms. The zero-order valence-corrected chi connectivity index (χ0v) is 10.7. The van der Waals surface area contributed by atoms with Gasteiger partial charge in [0.05, 0.1) is 16.3 Å². The SMILES string of the molecule is FC(F)(F)c1cnc(-c2cc3c[c]ccc3[nH]2)c(Cl)c1. The van der Waals surface area contributed by atoms with Gasteiger partial charge in [-0.05, 0) is 30.3 Å². The van der Waals surface area contributed by atoms with Gasteiger partial charge in [-0.1, -0.05) is 17.7 Å². The maximum atomic E-state index is 12.6. The predicted molar refractivity (Wildman–Crippen MR) is 70.4 cm³/mol. The molecule has 0 fully saturated rings. The van der Waals surface area contributed by atoms with Crippen molar-refractivity contribution in [2.45, 2.75) is 6.18 Å². The van der Waals surface area contributed by atoms with Crippen LogP contribution in [0.25, 0.3) is 22.3 Å². The molecule has 0 saturated carbocycles. The van der Waals surface area contributed by atoms with Crippen molar-refractivity contribution in [3.8, 4) is 11.4 Å². The summed E-state index contributed by atoms with van der Waals surface area (Å²) in [4.78, 5) is 6.88. The van der Waals surface area contributed by atoms with Crippen LogP contribution >= 0.6 is 11.6 Å². The minimum atomic E-state index is -4.45. The van der Waals surface area contributed by atoms with Crippen LogP contribution in [0.15, 0.2) is 36.5 Å². The Labute approximate surface area is 117 Å². The van der Waals surface area contributed by atoms with Gasteiger partial charge in [-0.15, -0.1) is 0 Å². The summed E-state index contributed by atoms with van der Waals surface area (Å²) < 4.78 is 37.7. The summed E-state index contributed by atoms with van der Waals surface area (Å²) in [5, 5.41) is 0.843. The highest BCUT2D eigenvalue weighted by Gasteiger charge is 2.31. The van der Waals surface area contributed by atoms with Gasteiger partial charge in [0.25, 0.3) is 0 Å². The highest BCUT2D eigenvalue weighted by atomic mass is 35.5. The molecule has 0 amide bonds. The Hall–Kier alpha value is -2.01. The monoisotopic (exact) mass is 295 g/mol. The van der Waals surface area contributed by atoms with Crippen molar-refractivity contribution < 1.29 is 13.2 Å². The van der Waals surface area contributed by atoms with E-state index in [1.165, 1.54) is 0 Å². The number of nitrogens with one attached hydrogen (secondary N) is 1. The molecule has 0 aliphatic heterocycles. The van der Waals surface area contributed by atoms with Crippen molar-refractivity contribution in [3.63, 3.8) is 0 Å². The molecular formula is C14H7ClF3N2. The molecule has 101 valence electrons. The zero-order chi connectivity index (χ0) is 14.3. The third-order valence-corrected chi connectivity index (χ3v) is 3.18. The minimum absolute atomic E-state index is 0.0460. The Balaban J connectivity index is 2.10. The molecule has 1 N–H and O–H groups in total. The van der Waals surface area contributed by atoms with Gasteiger partial charge in [0, 0.05) is 17.1 Å². The Morgan fingerprint density at radius 2 is 2.05 bits per heavy atom. The Kier molecular flexibility index (Phi) is 2.94. The van der Waals surface area contributed by atoms with Crippen molar-refractivity contribution in [3.05, 3.63) is 53.2 Å². The third-order valence-electron chi connectivity index (χ3n) is 2.89. The van der Waals surface area contributed by atoms with Gasteiger partial charge >= 0.3 is 6.18 Å². The summed E-state index contributed by atoms with van der Waals surface area (Å²) in [5.74, 6) is 0. The molecule has 20 heavy (non-hydrogen) atoms. The first-order valence-electron chi connectivity index (χ1n) is 5.67. The number of benzene rings is 1. The van der Waals surface area contributed by atoms with Gasteiger partial charge in [-0.2, -0.15) is 13.2 Å². The number of halogens is 4. The molecule has 3 aromatic rings. The van der Waals surface area contributed by atoms with Crippen LogP contribution in [0.2, 0.25) is 5.02 Å². The van der Waals surface area contributed by atoms with E-state index in [1.54, 1.807) is 18.2 Å².